The normalized spacial score (nSPS) is 23.8. The van der Waals surface area contributed by atoms with E-state index in [-0.39, 0.29) is 117 Å². The van der Waals surface area contributed by atoms with Crippen LogP contribution in [0.2, 0.25) is 0 Å². The molecule has 98 heavy (non-hydrogen) atoms. The molecule has 9 N–H and O–H groups in total. The largest absolute Gasteiger partial charge is 0.507 e. The van der Waals surface area contributed by atoms with Crippen molar-refractivity contribution in [3.05, 3.63) is 81.4 Å². The number of unbranched alkanes of at least 4 members (excludes halogenated alkanes) is 2. The minimum Gasteiger partial charge on any atom is -0.507 e. The number of ketones is 3. The molecule has 0 saturated carbocycles. The molecule has 3 aromatic rings. The van der Waals surface area contributed by atoms with Crippen molar-refractivity contribution in [2.24, 2.45) is 11.7 Å². The van der Waals surface area contributed by atoms with Gasteiger partial charge in [0, 0.05) is 114 Å². The first kappa shape index (κ1) is 73.7. The van der Waals surface area contributed by atoms with E-state index in [1.165, 1.54) is 56.3 Å². The molecule has 2 aliphatic carbocycles. The van der Waals surface area contributed by atoms with Crippen LogP contribution >= 0.6 is 12.6 Å². The number of ether oxygens (including phenoxy) is 8. The summed E-state index contributed by atoms with van der Waals surface area (Å²) in [5, 5.41) is 46.8. The average Bonchev–Trinajstić information content (AvgIpc) is 0.892. The van der Waals surface area contributed by atoms with Gasteiger partial charge in [0.15, 0.2) is 31.2 Å². The second kappa shape index (κ2) is 32.0. The second-order valence-electron chi connectivity index (χ2n) is 25.5. The summed E-state index contributed by atoms with van der Waals surface area (Å²) >= 11 is 4.13. The summed E-state index contributed by atoms with van der Waals surface area (Å²) in [4.78, 5) is 151. The molecule has 9 rings (SSSR count). The SMILES string of the molecule is COc1cccc2c1C(=O)c1c(O)c3c(c(O)c1C2=O)C[C@@](O)(C(=O)COC(=O)N(C)CCN(C)C(=O)OCc1ccc(NC(=O)[C@H](CCCNC(N)=O)NC(=O)[C@@H](NC(=O)CCCCCN2C(=O)CC(S)C2=O)C(C)C)cc1)C[C@@H]3O[C@H]1C[C@H]2[C@H](O[C@@H]3[C@@H](OC)OCCN32)[C@H](C)O1. The number of carbonyl (C=O) groups excluding carboxylic acids is 11. The van der Waals surface area contributed by atoms with Gasteiger partial charge in [0.25, 0.3) is 0 Å². The van der Waals surface area contributed by atoms with Crippen molar-refractivity contribution < 1.29 is 106 Å². The molecule has 9 amide bonds. The Morgan fingerprint density at radius 3 is 2.22 bits per heavy atom. The van der Waals surface area contributed by atoms with Crippen LogP contribution in [0.4, 0.5) is 20.1 Å². The number of nitrogens with zero attached hydrogens (tertiary/aromatic N) is 4. The minimum atomic E-state index is -2.49. The van der Waals surface area contributed by atoms with Gasteiger partial charge in [-0.05, 0) is 62.3 Å². The number of rotatable bonds is 28. The fourth-order valence-electron chi connectivity index (χ4n) is 13.0. The molecule has 11 atom stereocenters. The number of Topliss-reactive ketones (excluding diaryl/α,β-unsaturated/α-hetero) is 1. The van der Waals surface area contributed by atoms with Crippen LogP contribution in [0.15, 0.2) is 42.5 Å². The number of morpholine rings is 1. The lowest BCUT2D eigenvalue weighted by atomic mass is 9.72. The zero-order valence-corrected chi connectivity index (χ0v) is 56.4. The lowest BCUT2D eigenvalue weighted by Crippen LogP contribution is -2.55. The first-order valence-corrected chi connectivity index (χ1v) is 33.0. The first-order valence-electron chi connectivity index (χ1n) is 32.4. The lowest BCUT2D eigenvalue weighted by Gasteiger charge is -2.43. The van der Waals surface area contributed by atoms with Crippen molar-refractivity contribution in [1.82, 2.24) is 35.6 Å². The maximum atomic E-state index is 14.3. The molecular weight excluding hydrogens is 1300 g/mol. The number of thiol groups is 1. The van der Waals surface area contributed by atoms with Gasteiger partial charge in [0.1, 0.15) is 47.6 Å². The number of phenolic OH excluding ortho intramolecular Hbond substituents is 2. The Morgan fingerprint density at radius 2 is 1.56 bits per heavy atom. The third kappa shape index (κ3) is 16.4. The highest BCUT2D eigenvalue weighted by atomic mass is 32.1. The number of imide groups is 1. The molecular formula is C66H85N9O22S. The van der Waals surface area contributed by atoms with Crippen LogP contribution in [0.5, 0.6) is 17.2 Å². The van der Waals surface area contributed by atoms with Crippen molar-refractivity contribution in [2.75, 3.05) is 79.6 Å². The number of benzene rings is 3. The zero-order chi connectivity index (χ0) is 71.0. The van der Waals surface area contributed by atoms with Gasteiger partial charge in [-0.2, -0.15) is 12.6 Å². The van der Waals surface area contributed by atoms with Gasteiger partial charge in [0.05, 0.1) is 47.9 Å². The number of hydrogen-bond acceptors (Lipinski definition) is 24. The van der Waals surface area contributed by atoms with E-state index in [0.29, 0.717) is 43.7 Å². The number of amides is 9. The average molecular weight is 1390 g/mol. The van der Waals surface area contributed by atoms with Gasteiger partial charge in [-0.25, -0.2) is 14.4 Å². The molecule has 0 radical (unpaired) electrons. The van der Waals surface area contributed by atoms with E-state index in [9.17, 15) is 68.1 Å². The molecule has 4 fully saturated rings. The number of phenols is 2. The number of hydrogen-bond donors (Lipinski definition) is 9. The van der Waals surface area contributed by atoms with Crippen molar-refractivity contribution in [1.29, 1.82) is 0 Å². The molecule has 3 aromatic carbocycles. The molecule has 0 aromatic heterocycles. The molecule has 32 heteroatoms. The van der Waals surface area contributed by atoms with Gasteiger partial charge in [0.2, 0.25) is 41.1 Å². The number of aromatic hydroxyl groups is 2. The van der Waals surface area contributed by atoms with Crippen LogP contribution in [0, 0.1) is 5.92 Å². The van der Waals surface area contributed by atoms with Gasteiger partial charge in [-0.15, -0.1) is 0 Å². The Labute approximate surface area is 570 Å². The standard InChI is InChI=1S/C66H85N9O22S/c1-33(2)52(71-45(77)16-9-8-10-22-75-46(78)28-43(98)60(75)85)59(84)70-39(14-12-21-68-63(67)86)58(83)69-36-19-17-35(18-20-36)31-93-64(87)72(4)23-24-73(5)65(88)94-32-44(76)66(89)29-38-49(56(82)51-50(54(38)80)53(79)37-13-11-15-41(90-6)48(37)55(51)81)42(30-66)96-47-27-40-57(34(3)95-47)97-61-62(91-7)92-26-25-74(40)61/h11,13,15,17-20,33-34,39-40,42-43,47,52,57,61-62,80,82,89,98H,8-10,12,14,16,21-32H2,1-7H3,(H,69,83)(H,70,84)(H,71,77)(H3,67,68,86)/t34-,39-,40-,42-,43?,47-,52-,57+,61+,62-,66-/m0/s1. The zero-order valence-electron chi connectivity index (χ0n) is 55.5. The van der Waals surface area contributed by atoms with Crippen LogP contribution in [-0.4, -0.2) is 234 Å². The number of nitrogens with two attached hydrogens (primary N) is 1. The van der Waals surface area contributed by atoms with E-state index in [1.807, 2.05) is 0 Å². The number of likely N-dealkylation sites (tertiary alicyclic amines) is 1. The molecule has 0 bridgehead atoms. The van der Waals surface area contributed by atoms with Crippen molar-refractivity contribution in [3.63, 3.8) is 0 Å². The third-order valence-corrected chi connectivity index (χ3v) is 18.8. The van der Waals surface area contributed by atoms with E-state index in [1.54, 1.807) is 45.0 Å². The van der Waals surface area contributed by atoms with Crippen molar-refractivity contribution >= 4 is 83.4 Å². The topological polar surface area (TPSA) is 409 Å². The number of primary amides is 1. The van der Waals surface area contributed by atoms with E-state index >= 15 is 0 Å². The predicted octanol–water partition coefficient (Wildman–Crippen LogP) is 2.69. The summed E-state index contributed by atoms with van der Waals surface area (Å²) in [6.45, 7) is 4.96. The molecule has 6 aliphatic rings. The van der Waals surface area contributed by atoms with E-state index in [2.05, 4.69) is 38.8 Å². The van der Waals surface area contributed by atoms with Gasteiger partial charge in [-0.1, -0.05) is 44.5 Å². The Bertz CT molecular complexity index is 3560. The maximum absolute atomic E-state index is 14.3. The van der Waals surface area contributed by atoms with Gasteiger partial charge in [-0.3, -0.25) is 48.2 Å². The van der Waals surface area contributed by atoms with Crippen molar-refractivity contribution in [3.8, 4) is 17.2 Å². The number of likely N-dealkylation sites (N-methyl/N-ethyl adjacent to an activating group) is 2. The highest BCUT2D eigenvalue weighted by Gasteiger charge is 2.56. The molecule has 31 nitrogen and oxygen atoms in total. The van der Waals surface area contributed by atoms with Gasteiger partial charge < -0.3 is 90.0 Å². The van der Waals surface area contributed by atoms with Crippen LogP contribution in [0.3, 0.4) is 0 Å². The molecule has 4 heterocycles. The Balaban J connectivity index is 0.771. The number of carbonyl (C=O) groups is 11. The van der Waals surface area contributed by atoms with E-state index < -0.39 is 155 Å². The summed E-state index contributed by atoms with van der Waals surface area (Å²) in [7, 11) is 5.57. The van der Waals surface area contributed by atoms with Crippen LogP contribution in [0.1, 0.15) is 133 Å². The van der Waals surface area contributed by atoms with E-state index in [4.69, 9.17) is 43.6 Å². The smallest absolute Gasteiger partial charge is 0.409 e. The number of anilines is 1. The summed E-state index contributed by atoms with van der Waals surface area (Å²) in [6.07, 6.45) is -5.94. The number of nitrogens with one attached hydrogen (secondary N) is 4. The lowest BCUT2D eigenvalue weighted by molar-refractivity contribution is -0.256. The second-order valence-corrected chi connectivity index (χ2v) is 26.1. The number of methoxy groups -OCH3 is 2. The quantitative estimate of drug-likeness (QED) is 0.0171. The number of fused-ring (bicyclic) bond motifs is 6. The fourth-order valence-corrected chi connectivity index (χ4v) is 13.3. The third-order valence-electron chi connectivity index (χ3n) is 18.4. The monoisotopic (exact) mass is 1390 g/mol. The fraction of sp³-hybridized carbons (Fsp3) is 0.561. The summed E-state index contributed by atoms with van der Waals surface area (Å²) in [6, 6.07) is 7.36. The van der Waals surface area contributed by atoms with Crippen LogP contribution in [-0.2, 0) is 75.0 Å². The minimum absolute atomic E-state index is 0.0438. The Hall–Kier alpha value is -8.50. The Morgan fingerprint density at radius 1 is 0.857 bits per heavy atom. The van der Waals surface area contributed by atoms with Gasteiger partial charge >= 0.3 is 18.2 Å². The summed E-state index contributed by atoms with van der Waals surface area (Å²) in [5.41, 5.74) is 1.77. The van der Waals surface area contributed by atoms with Crippen molar-refractivity contribution in [2.45, 2.75) is 158 Å². The molecule has 4 saturated heterocycles. The predicted molar refractivity (Wildman–Crippen MR) is 347 cm³/mol. The summed E-state index contributed by atoms with van der Waals surface area (Å²) < 4.78 is 46.9. The molecule has 532 valence electrons. The molecule has 4 aliphatic heterocycles. The number of aliphatic hydroxyl groups is 1. The first-order chi connectivity index (χ1) is 46.6. The van der Waals surface area contributed by atoms with Crippen LogP contribution in [0.25, 0.3) is 0 Å². The van der Waals surface area contributed by atoms with Crippen LogP contribution < -0.4 is 31.7 Å². The number of urea groups is 1. The molecule has 0 spiro atoms. The maximum Gasteiger partial charge on any atom is 0.409 e. The highest BCUT2D eigenvalue weighted by Crippen LogP contribution is 2.53. The van der Waals surface area contributed by atoms with E-state index in [0.717, 1.165) is 4.90 Å². The molecule has 1 unspecified atom stereocenters. The summed E-state index contributed by atoms with van der Waals surface area (Å²) in [5.74, 6) is -6.82. The Kier molecular flexibility index (Phi) is 24.1. The highest BCUT2D eigenvalue weighted by molar-refractivity contribution is 7.81.